The molecule has 0 saturated carbocycles. The summed E-state index contributed by atoms with van der Waals surface area (Å²) in [6.07, 6.45) is 1.87. The van der Waals surface area contributed by atoms with Crippen molar-refractivity contribution in [1.29, 1.82) is 0 Å². The Bertz CT molecular complexity index is 255. The van der Waals surface area contributed by atoms with Crippen LogP contribution in [0.15, 0.2) is 22.9 Å². The van der Waals surface area contributed by atoms with E-state index in [0.29, 0.717) is 0 Å². The van der Waals surface area contributed by atoms with E-state index in [-0.39, 0.29) is 0 Å². The van der Waals surface area contributed by atoms with E-state index in [0.717, 1.165) is 4.60 Å². The molecular weight excluding hydrogens is 263 g/mol. The molecule has 11 heavy (non-hydrogen) atoms. The number of hydrogen-bond acceptors (Lipinski definition) is 1. The van der Waals surface area contributed by atoms with Gasteiger partial charge in [0.1, 0.15) is 0 Å². The van der Waals surface area contributed by atoms with Crippen molar-refractivity contribution in [2.45, 2.75) is 17.3 Å². The summed E-state index contributed by atoms with van der Waals surface area (Å²) in [7, 11) is 0. The zero-order valence-electron chi connectivity index (χ0n) is 7.06. The zero-order chi connectivity index (χ0) is 8.48. The summed E-state index contributed by atoms with van der Waals surface area (Å²) in [5.41, 5.74) is 0. The molecule has 0 aromatic carbocycles. The molecule has 1 aromatic heterocycles. The molecule has 0 radical (unpaired) electrons. The van der Waals surface area contributed by atoms with Crippen LogP contribution in [0, 0.1) is 0 Å². The first-order chi connectivity index (χ1) is 5.00. The normalized spacial score (nSPS) is 11.6. The van der Waals surface area contributed by atoms with Gasteiger partial charge < -0.3 is 0 Å². The summed E-state index contributed by atoms with van der Waals surface area (Å²) >= 11 is 1.77. The van der Waals surface area contributed by atoms with Crippen molar-refractivity contribution in [3.63, 3.8) is 0 Å². The average Bonchev–Trinajstić information content (AvgIpc) is 1.86. The Morgan fingerprint density at radius 2 is 2.00 bits per heavy atom. The fourth-order valence-electron chi connectivity index (χ4n) is 0.869. The molecule has 0 saturated heterocycles. The van der Waals surface area contributed by atoms with E-state index < -0.39 is 13.3 Å². The minimum atomic E-state index is -1.61. The molecule has 0 N–H and O–H groups in total. The van der Waals surface area contributed by atoms with Crippen molar-refractivity contribution in [1.82, 2.24) is 4.98 Å². The topological polar surface area (TPSA) is 12.9 Å². The predicted octanol–water partition coefficient (Wildman–Crippen LogP) is 2.39. The molecule has 1 rings (SSSR count). The van der Waals surface area contributed by atoms with Gasteiger partial charge in [0.25, 0.3) is 0 Å². The van der Waals surface area contributed by atoms with Crippen LogP contribution < -0.4 is 4.40 Å². The van der Waals surface area contributed by atoms with Gasteiger partial charge in [-0.15, -0.1) is 0 Å². The zero-order valence-corrected chi connectivity index (χ0v) is 10.7. The quantitative estimate of drug-likeness (QED) is 0.566. The molecule has 0 aliphatic heterocycles. The number of halogens is 1. The van der Waals surface area contributed by atoms with Crippen LogP contribution in [-0.2, 0) is 0 Å². The summed E-state index contributed by atoms with van der Waals surface area (Å²) < 4.78 is 2.45. The van der Waals surface area contributed by atoms with Gasteiger partial charge in [0, 0.05) is 0 Å². The van der Waals surface area contributed by atoms with Crippen molar-refractivity contribution < 1.29 is 0 Å². The van der Waals surface area contributed by atoms with Crippen LogP contribution in [0.25, 0.3) is 0 Å². The van der Waals surface area contributed by atoms with Crippen LogP contribution in [-0.4, -0.2) is 18.3 Å². The summed E-state index contributed by atoms with van der Waals surface area (Å²) in [4.78, 5) is 4.10. The molecule has 0 bridgehead atoms. The molecule has 3 heteroatoms. The van der Waals surface area contributed by atoms with E-state index in [2.05, 4.69) is 50.3 Å². The first-order valence-electron chi connectivity index (χ1n) is 3.62. The standard InChI is InChI=1S/C8H12BrGeN/c1-10(2,3)7-4-5-11-8(9)6-7/h4-6H,1-3H3. The van der Waals surface area contributed by atoms with E-state index in [1.165, 1.54) is 4.40 Å². The van der Waals surface area contributed by atoms with E-state index in [4.69, 9.17) is 0 Å². The van der Waals surface area contributed by atoms with E-state index >= 15 is 0 Å². The first kappa shape index (κ1) is 9.26. The number of aromatic nitrogens is 1. The summed E-state index contributed by atoms with van der Waals surface area (Å²) in [6.45, 7) is 0. The maximum absolute atomic E-state index is 4.10. The van der Waals surface area contributed by atoms with Gasteiger partial charge in [-0.3, -0.25) is 0 Å². The van der Waals surface area contributed by atoms with Crippen LogP contribution in [0.4, 0.5) is 0 Å². The molecule has 0 atom stereocenters. The Morgan fingerprint density at radius 3 is 2.36 bits per heavy atom. The number of hydrogen-bond donors (Lipinski definition) is 0. The van der Waals surface area contributed by atoms with Gasteiger partial charge >= 0.3 is 78.8 Å². The maximum atomic E-state index is 4.10. The monoisotopic (exact) mass is 275 g/mol. The van der Waals surface area contributed by atoms with Gasteiger partial charge in [-0.25, -0.2) is 0 Å². The van der Waals surface area contributed by atoms with Crippen LogP contribution in [0.2, 0.25) is 17.3 Å². The molecule has 0 amide bonds. The van der Waals surface area contributed by atoms with E-state index in [1.807, 2.05) is 6.20 Å². The third kappa shape index (κ3) is 2.60. The molecule has 0 aliphatic rings. The fourth-order valence-corrected chi connectivity index (χ4v) is 4.08. The molecule has 0 unspecified atom stereocenters. The Balaban J connectivity index is 3.06. The van der Waals surface area contributed by atoms with Crippen molar-refractivity contribution in [3.05, 3.63) is 22.9 Å². The molecule has 1 aromatic rings. The van der Waals surface area contributed by atoms with Crippen molar-refractivity contribution in [3.8, 4) is 0 Å². The van der Waals surface area contributed by atoms with Gasteiger partial charge in [0.05, 0.1) is 0 Å². The average molecular weight is 275 g/mol. The number of pyridine rings is 1. The Kier molecular flexibility index (Phi) is 2.76. The molecule has 0 aliphatic carbocycles. The van der Waals surface area contributed by atoms with Crippen LogP contribution >= 0.6 is 15.9 Å². The molecule has 0 fully saturated rings. The fraction of sp³-hybridized carbons (Fsp3) is 0.375. The predicted molar refractivity (Wildman–Crippen MR) is 54.9 cm³/mol. The van der Waals surface area contributed by atoms with Crippen LogP contribution in [0.1, 0.15) is 0 Å². The summed E-state index contributed by atoms with van der Waals surface area (Å²) in [5.74, 6) is 7.13. The van der Waals surface area contributed by atoms with E-state index in [9.17, 15) is 0 Å². The van der Waals surface area contributed by atoms with Crippen molar-refractivity contribution in [2.75, 3.05) is 0 Å². The number of nitrogens with zero attached hydrogens (tertiary/aromatic N) is 1. The van der Waals surface area contributed by atoms with E-state index in [1.54, 1.807) is 0 Å². The molecule has 1 nitrogen and oxygen atoms in total. The second-order valence-corrected chi connectivity index (χ2v) is 15.1. The minimum absolute atomic E-state index is 0.954. The van der Waals surface area contributed by atoms with Crippen molar-refractivity contribution in [2.24, 2.45) is 0 Å². The van der Waals surface area contributed by atoms with Crippen LogP contribution in [0.5, 0.6) is 0 Å². The molecule has 60 valence electrons. The summed E-state index contributed by atoms with van der Waals surface area (Å²) in [6, 6.07) is 4.27. The van der Waals surface area contributed by atoms with Crippen molar-refractivity contribution >= 4 is 33.6 Å². The Labute approximate surface area is 78.7 Å². The second kappa shape index (κ2) is 3.27. The van der Waals surface area contributed by atoms with Gasteiger partial charge in [-0.2, -0.15) is 0 Å². The van der Waals surface area contributed by atoms with Gasteiger partial charge in [-0.05, 0) is 0 Å². The van der Waals surface area contributed by atoms with Gasteiger partial charge in [0.2, 0.25) is 0 Å². The van der Waals surface area contributed by atoms with Gasteiger partial charge in [0.15, 0.2) is 0 Å². The Hall–Kier alpha value is 0.173. The third-order valence-electron chi connectivity index (χ3n) is 1.59. The molecule has 0 spiro atoms. The third-order valence-corrected chi connectivity index (χ3v) is 6.31. The second-order valence-electron chi connectivity index (χ2n) is 3.62. The number of rotatable bonds is 1. The molecule has 1 heterocycles. The SMILES string of the molecule is [CH3][Ge]([CH3])([CH3])[c]1ccnc(Br)c1. The molecular formula is C8H12BrGeN. The summed E-state index contributed by atoms with van der Waals surface area (Å²) in [5, 5.41) is 0. The Morgan fingerprint density at radius 1 is 1.36 bits per heavy atom. The van der Waals surface area contributed by atoms with Crippen LogP contribution in [0.3, 0.4) is 0 Å². The van der Waals surface area contributed by atoms with Gasteiger partial charge in [-0.1, -0.05) is 0 Å². The first-order valence-corrected chi connectivity index (χ1v) is 11.8.